The molecule has 0 fully saturated rings. The van der Waals surface area contributed by atoms with Crippen molar-refractivity contribution in [3.05, 3.63) is 52.0 Å². The fourth-order valence-corrected chi connectivity index (χ4v) is 3.80. The van der Waals surface area contributed by atoms with Gasteiger partial charge in [0, 0.05) is 23.9 Å². The Morgan fingerprint density at radius 1 is 1.47 bits per heavy atom. The molecule has 0 saturated heterocycles. The summed E-state index contributed by atoms with van der Waals surface area (Å²) >= 11 is 1.78. The van der Waals surface area contributed by atoms with Crippen LogP contribution >= 0.6 is 11.3 Å². The number of aryl methyl sites for hydroxylation is 1. The smallest absolute Gasteiger partial charge is 0.0482 e. The first-order chi connectivity index (χ1) is 9.38. The molecule has 100 valence electrons. The number of hydrogen-bond acceptors (Lipinski definition) is 3. The van der Waals surface area contributed by atoms with Gasteiger partial charge >= 0.3 is 0 Å². The SMILES string of the molecule is CCNC(Cc1ccsc1)C1CCc2cccnc21. The van der Waals surface area contributed by atoms with Crippen LogP contribution in [0.1, 0.15) is 36.1 Å². The average Bonchev–Trinajstić information content (AvgIpc) is 3.07. The molecule has 0 spiro atoms. The van der Waals surface area contributed by atoms with Gasteiger partial charge in [0.15, 0.2) is 0 Å². The first-order valence-corrected chi connectivity index (χ1v) is 8.01. The molecule has 0 aromatic carbocycles. The van der Waals surface area contributed by atoms with Crippen LogP contribution in [-0.2, 0) is 12.8 Å². The number of likely N-dealkylation sites (N-methyl/N-ethyl adjacent to an activating group) is 1. The lowest BCUT2D eigenvalue weighted by Crippen LogP contribution is -2.36. The Kier molecular flexibility index (Phi) is 3.95. The van der Waals surface area contributed by atoms with E-state index in [1.54, 1.807) is 11.3 Å². The molecule has 0 aliphatic heterocycles. The van der Waals surface area contributed by atoms with Gasteiger partial charge in [0.2, 0.25) is 0 Å². The molecule has 1 aliphatic rings. The third-order valence-electron chi connectivity index (χ3n) is 3.99. The van der Waals surface area contributed by atoms with Gasteiger partial charge in [0.1, 0.15) is 0 Å². The highest BCUT2D eigenvalue weighted by molar-refractivity contribution is 7.07. The van der Waals surface area contributed by atoms with E-state index in [9.17, 15) is 0 Å². The fourth-order valence-electron chi connectivity index (χ4n) is 3.12. The summed E-state index contributed by atoms with van der Waals surface area (Å²) in [6.45, 7) is 3.21. The van der Waals surface area contributed by atoms with Crippen LogP contribution in [0.25, 0.3) is 0 Å². The Morgan fingerprint density at radius 3 is 3.21 bits per heavy atom. The van der Waals surface area contributed by atoms with E-state index in [0.717, 1.165) is 13.0 Å². The molecule has 1 aliphatic carbocycles. The lowest BCUT2D eigenvalue weighted by molar-refractivity contribution is 0.430. The maximum absolute atomic E-state index is 4.64. The quantitative estimate of drug-likeness (QED) is 0.902. The van der Waals surface area contributed by atoms with Crippen LogP contribution in [0.15, 0.2) is 35.2 Å². The van der Waals surface area contributed by atoms with Gasteiger partial charge in [-0.25, -0.2) is 0 Å². The minimum atomic E-state index is 0.510. The number of rotatable bonds is 5. The predicted molar refractivity (Wildman–Crippen MR) is 80.8 cm³/mol. The van der Waals surface area contributed by atoms with Gasteiger partial charge in [-0.1, -0.05) is 13.0 Å². The van der Waals surface area contributed by atoms with Crippen molar-refractivity contribution in [3.63, 3.8) is 0 Å². The van der Waals surface area contributed by atoms with E-state index in [-0.39, 0.29) is 0 Å². The Labute approximate surface area is 118 Å². The van der Waals surface area contributed by atoms with Crippen molar-refractivity contribution < 1.29 is 0 Å². The normalized spacial score (nSPS) is 19.3. The highest BCUT2D eigenvalue weighted by Crippen LogP contribution is 2.34. The second-order valence-corrected chi connectivity index (χ2v) is 5.97. The Bertz CT molecular complexity index is 521. The molecular formula is C16H20N2S. The highest BCUT2D eigenvalue weighted by atomic mass is 32.1. The molecule has 0 amide bonds. The minimum absolute atomic E-state index is 0.510. The number of nitrogens with one attached hydrogen (secondary N) is 1. The number of nitrogens with zero attached hydrogens (tertiary/aromatic N) is 1. The standard InChI is InChI=1S/C16H20N2S/c1-2-17-15(10-12-7-9-19-11-12)14-6-5-13-4-3-8-18-16(13)14/h3-4,7-9,11,14-15,17H,2,5-6,10H2,1H3. The molecule has 0 bridgehead atoms. The van der Waals surface area contributed by atoms with Crippen LogP contribution in [0.2, 0.25) is 0 Å². The van der Waals surface area contributed by atoms with Gasteiger partial charge in [-0.3, -0.25) is 4.98 Å². The van der Waals surface area contributed by atoms with Gasteiger partial charge in [-0.05, 0) is 59.8 Å². The van der Waals surface area contributed by atoms with Crippen molar-refractivity contribution in [2.45, 2.75) is 38.1 Å². The molecule has 0 radical (unpaired) electrons. The van der Waals surface area contributed by atoms with Gasteiger partial charge in [0.05, 0.1) is 0 Å². The second-order valence-electron chi connectivity index (χ2n) is 5.19. The lowest BCUT2D eigenvalue weighted by Gasteiger charge is -2.24. The molecule has 0 saturated carbocycles. The zero-order chi connectivity index (χ0) is 13.1. The summed E-state index contributed by atoms with van der Waals surface area (Å²) in [6, 6.07) is 7.04. The first kappa shape index (κ1) is 12.8. The van der Waals surface area contributed by atoms with Gasteiger partial charge in [-0.2, -0.15) is 11.3 Å². The molecule has 2 aromatic rings. The zero-order valence-electron chi connectivity index (χ0n) is 11.3. The van der Waals surface area contributed by atoms with Crippen molar-refractivity contribution in [1.29, 1.82) is 0 Å². The van der Waals surface area contributed by atoms with E-state index in [0.29, 0.717) is 12.0 Å². The van der Waals surface area contributed by atoms with E-state index in [2.05, 4.69) is 46.2 Å². The third kappa shape index (κ3) is 2.72. The van der Waals surface area contributed by atoms with Crippen molar-refractivity contribution in [3.8, 4) is 0 Å². The average molecular weight is 272 g/mol. The van der Waals surface area contributed by atoms with E-state index < -0.39 is 0 Å². The van der Waals surface area contributed by atoms with Crippen LogP contribution in [0.5, 0.6) is 0 Å². The van der Waals surface area contributed by atoms with Crippen molar-refractivity contribution in [2.75, 3.05) is 6.54 Å². The monoisotopic (exact) mass is 272 g/mol. The summed E-state index contributed by atoms with van der Waals surface area (Å²) in [5.74, 6) is 0.566. The third-order valence-corrected chi connectivity index (χ3v) is 4.72. The van der Waals surface area contributed by atoms with E-state index in [4.69, 9.17) is 0 Å². The van der Waals surface area contributed by atoms with Gasteiger partial charge < -0.3 is 5.32 Å². The first-order valence-electron chi connectivity index (χ1n) is 7.06. The molecule has 3 rings (SSSR count). The summed E-state index contributed by atoms with van der Waals surface area (Å²) < 4.78 is 0. The van der Waals surface area contributed by atoms with Crippen LogP contribution in [0.3, 0.4) is 0 Å². The van der Waals surface area contributed by atoms with E-state index in [1.165, 1.54) is 29.7 Å². The van der Waals surface area contributed by atoms with Gasteiger partial charge in [-0.15, -0.1) is 0 Å². The lowest BCUT2D eigenvalue weighted by atomic mass is 9.92. The number of aromatic nitrogens is 1. The number of fused-ring (bicyclic) bond motifs is 1. The minimum Gasteiger partial charge on any atom is -0.313 e. The summed E-state index contributed by atoms with van der Waals surface area (Å²) in [4.78, 5) is 4.64. The Balaban J connectivity index is 1.81. The summed E-state index contributed by atoms with van der Waals surface area (Å²) in [5.41, 5.74) is 4.21. The molecule has 19 heavy (non-hydrogen) atoms. The second kappa shape index (κ2) is 5.85. The molecule has 2 nitrogen and oxygen atoms in total. The molecule has 2 heterocycles. The zero-order valence-corrected chi connectivity index (χ0v) is 12.1. The van der Waals surface area contributed by atoms with Crippen molar-refractivity contribution in [1.82, 2.24) is 10.3 Å². The Hall–Kier alpha value is -1.19. The molecule has 3 heteroatoms. The van der Waals surface area contributed by atoms with Crippen LogP contribution in [0, 0.1) is 0 Å². The van der Waals surface area contributed by atoms with Crippen LogP contribution in [0.4, 0.5) is 0 Å². The molecule has 1 N–H and O–H groups in total. The topological polar surface area (TPSA) is 24.9 Å². The Morgan fingerprint density at radius 2 is 2.42 bits per heavy atom. The van der Waals surface area contributed by atoms with Crippen molar-refractivity contribution in [2.24, 2.45) is 0 Å². The largest absolute Gasteiger partial charge is 0.313 e. The highest BCUT2D eigenvalue weighted by Gasteiger charge is 2.30. The maximum Gasteiger partial charge on any atom is 0.0482 e. The summed E-state index contributed by atoms with van der Waals surface area (Å²) in [6.07, 6.45) is 5.45. The van der Waals surface area contributed by atoms with Crippen LogP contribution < -0.4 is 5.32 Å². The molecule has 2 unspecified atom stereocenters. The molecule has 2 aromatic heterocycles. The maximum atomic E-state index is 4.64. The fraction of sp³-hybridized carbons (Fsp3) is 0.438. The van der Waals surface area contributed by atoms with E-state index >= 15 is 0 Å². The van der Waals surface area contributed by atoms with Crippen LogP contribution in [-0.4, -0.2) is 17.6 Å². The predicted octanol–water partition coefficient (Wildman–Crippen LogP) is 3.39. The molecular weight excluding hydrogens is 252 g/mol. The van der Waals surface area contributed by atoms with Crippen molar-refractivity contribution >= 4 is 11.3 Å². The number of hydrogen-bond donors (Lipinski definition) is 1. The summed E-state index contributed by atoms with van der Waals surface area (Å²) in [7, 11) is 0. The van der Waals surface area contributed by atoms with E-state index in [1.807, 2.05) is 6.20 Å². The number of thiophene rings is 1. The van der Waals surface area contributed by atoms with Gasteiger partial charge in [0.25, 0.3) is 0 Å². The number of pyridine rings is 1. The summed E-state index contributed by atoms with van der Waals surface area (Å²) in [5, 5.41) is 8.10. The molecule has 2 atom stereocenters.